The van der Waals surface area contributed by atoms with E-state index in [0.717, 1.165) is 0 Å². The third-order valence-electron chi connectivity index (χ3n) is 2.67. The van der Waals surface area contributed by atoms with Crippen molar-refractivity contribution < 1.29 is 24.1 Å². The van der Waals surface area contributed by atoms with Gasteiger partial charge < -0.3 is 24.6 Å². The second kappa shape index (κ2) is 6.29. The second-order valence-electron chi connectivity index (χ2n) is 4.11. The number of fused-ring (bicyclic) bond motifs is 1. The van der Waals surface area contributed by atoms with Crippen LogP contribution in [-0.2, 0) is 4.74 Å². The maximum Gasteiger partial charge on any atom is 0.407 e. The number of aliphatic hydroxyl groups excluding tert-OH is 1. The van der Waals surface area contributed by atoms with Gasteiger partial charge in [-0.1, -0.05) is 12.1 Å². The van der Waals surface area contributed by atoms with E-state index in [1.165, 1.54) is 0 Å². The molecule has 2 N–H and O–H groups in total. The second-order valence-corrected chi connectivity index (χ2v) is 4.11. The van der Waals surface area contributed by atoms with E-state index in [2.05, 4.69) is 5.32 Å². The lowest BCUT2D eigenvalue weighted by molar-refractivity contribution is -0.0379. The highest BCUT2D eigenvalue weighted by molar-refractivity contribution is 5.66. The van der Waals surface area contributed by atoms with Gasteiger partial charge in [0, 0.05) is 6.54 Å². The van der Waals surface area contributed by atoms with Gasteiger partial charge in [0.15, 0.2) is 17.6 Å². The molecule has 0 radical (unpaired) electrons. The van der Waals surface area contributed by atoms with Crippen LogP contribution >= 0.6 is 0 Å². The molecular weight excluding hydrogens is 250 g/mol. The van der Waals surface area contributed by atoms with Crippen LogP contribution in [0.4, 0.5) is 4.79 Å². The molecule has 0 fully saturated rings. The molecule has 0 aromatic heterocycles. The molecule has 1 aliphatic heterocycles. The van der Waals surface area contributed by atoms with Crippen LogP contribution in [0.5, 0.6) is 11.5 Å². The Morgan fingerprint density at radius 3 is 3.00 bits per heavy atom. The number of carbonyl (C=O) groups excluding carboxylic acids is 1. The zero-order valence-electron chi connectivity index (χ0n) is 10.7. The fraction of sp³-hybridized carbons (Fsp3) is 0.462. The van der Waals surface area contributed by atoms with Crippen LogP contribution in [-0.4, -0.2) is 43.2 Å². The van der Waals surface area contributed by atoms with Gasteiger partial charge in [0.1, 0.15) is 19.3 Å². The molecule has 1 amide bonds. The van der Waals surface area contributed by atoms with Crippen molar-refractivity contribution >= 4 is 6.09 Å². The number of benzene rings is 1. The molecule has 104 valence electrons. The smallest absolute Gasteiger partial charge is 0.407 e. The van der Waals surface area contributed by atoms with Crippen molar-refractivity contribution in [2.24, 2.45) is 0 Å². The topological polar surface area (TPSA) is 77.0 Å². The van der Waals surface area contributed by atoms with Crippen molar-refractivity contribution in [2.75, 3.05) is 19.8 Å². The van der Waals surface area contributed by atoms with Gasteiger partial charge in [-0.3, -0.25) is 0 Å². The van der Waals surface area contributed by atoms with Gasteiger partial charge in [-0.2, -0.15) is 0 Å². The fourth-order valence-electron chi connectivity index (χ4n) is 1.69. The first-order chi connectivity index (χ1) is 9.20. The third-order valence-corrected chi connectivity index (χ3v) is 2.67. The Balaban J connectivity index is 1.85. The van der Waals surface area contributed by atoms with Crippen molar-refractivity contribution in [3.05, 3.63) is 24.3 Å². The van der Waals surface area contributed by atoms with E-state index in [1.807, 2.05) is 12.1 Å². The quantitative estimate of drug-likeness (QED) is 0.848. The minimum atomic E-state index is -0.934. The molecule has 0 aliphatic carbocycles. The van der Waals surface area contributed by atoms with E-state index in [0.29, 0.717) is 18.0 Å². The largest absolute Gasteiger partial charge is 0.486 e. The molecule has 0 saturated heterocycles. The summed E-state index contributed by atoms with van der Waals surface area (Å²) in [6.07, 6.45) is -2.04. The van der Waals surface area contributed by atoms with Crippen LogP contribution in [0.3, 0.4) is 0 Å². The lowest BCUT2D eigenvalue weighted by atomic mass is 10.2. The molecule has 6 heteroatoms. The molecule has 1 heterocycles. The number of hydrogen-bond donors (Lipinski definition) is 2. The number of rotatable bonds is 4. The van der Waals surface area contributed by atoms with Crippen LogP contribution in [0.1, 0.15) is 6.92 Å². The number of ether oxygens (including phenoxy) is 3. The van der Waals surface area contributed by atoms with Crippen LogP contribution in [0.25, 0.3) is 0 Å². The van der Waals surface area contributed by atoms with Crippen molar-refractivity contribution in [3.8, 4) is 11.5 Å². The van der Waals surface area contributed by atoms with E-state index in [9.17, 15) is 9.90 Å². The minimum absolute atomic E-state index is 0.137. The van der Waals surface area contributed by atoms with Gasteiger partial charge in [-0.05, 0) is 19.1 Å². The molecule has 0 bridgehead atoms. The van der Waals surface area contributed by atoms with Crippen LogP contribution < -0.4 is 14.8 Å². The lowest BCUT2D eigenvalue weighted by Gasteiger charge is -2.29. The standard InChI is InChI=1S/C13H17NO5/c1-2-14-13(16)18-7-9(15)12-8-17-10-5-3-4-6-11(10)19-12/h3-6,9,12,15H,2,7-8H2,1H3,(H,14,16). The third kappa shape index (κ3) is 3.51. The highest BCUT2D eigenvalue weighted by Crippen LogP contribution is 2.31. The Bertz CT molecular complexity index is 437. The average molecular weight is 267 g/mol. The van der Waals surface area contributed by atoms with E-state index >= 15 is 0 Å². The fourth-order valence-corrected chi connectivity index (χ4v) is 1.69. The first-order valence-electron chi connectivity index (χ1n) is 6.18. The van der Waals surface area contributed by atoms with E-state index in [1.54, 1.807) is 19.1 Å². The number of carbonyl (C=O) groups is 1. The molecular formula is C13H17NO5. The van der Waals surface area contributed by atoms with Crippen LogP contribution in [0.15, 0.2) is 24.3 Å². The Labute approximate surface area is 111 Å². The molecule has 2 unspecified atom stereocenters. The molecule has 2 rings (SSSR count). The number of aliphatic hydroxyl groups is 1. The monoisotopic (exact) mass is 267 g/mol. The summed E-state index contributed by atoms with van der Waals surface area (Å²) in [4.78, 5) is 11.1. The summed E-state index contributed by atoms with van der Waals surface area (Å²) in [5, 5.41) is 12.4. The van der Waals surface area contributed by atoms with Gasteiger partial charge >= 0.3 is 6.09 Å². The lowest BCUT2D eigenvalue weighted by Crippen LogP contribution is -2.43. The van der Waals surface area contributed by atoms with Crippen molar-refractivity contribution in [2.45, 2.75) is 19.1 Å². The predicted molar refractivity (Wildman–Crippen MR) is 67.4 cm³/mol. The predicted octanol–water partition coefficient (Wildman–Crippen LogP) is 0.933. The normalized spacial score (nSPS) is 18.5. The number of nitrogens with one attached hydrogen (secondary N) is 1. The Hall–Kier alpha value is -1.95. The zero-order valence-corrected chi connectivity index (χ0v) is 10.7. The highest BCUT2D eigenvalue weighted by Gasteiger charge is 2.28. The number of para-hydroxylation sites is 2. The zero-order chi connectivity index (χ0) is 13.7. The van der Waals surface area contributed by atoms with Crippen molar-refractivity contribution in [1.29, 1.82) is 0 Å². The molecule has 1 aromatic carbocycles. The summed E-state index contributed by atoms with van der Waals surface area (Å²) < 4.78 is 15.9. The number of alkyl carbamates (subject to hydrolysis) is 1. The van der Waals surface area contributed by atoms with Crippen molar-refractivity contribution in [1.82, 2.24) is 5.32 Å². The Kier molecular flexibility index (Phi) is 4.46. The summed E-state index contributed by atoms with van der Waals surface area (Å²) in [6.45, 7) is 2.34. The summed E-state index contributed by atoms with van der Waals surface area (Å²) >= 11 is 0. The summed E-state index contributed by atoms with van der Waals surface area (Å²) in [5.41, 5.74) is 0. The number of amides is 1. The van der Waals surface area contributed by atoms with Gasteiger partial charge in [0.05, 0.1) is 0 Å². The van der Waals surface area contributed by atoms with Gasteiger partial charge in [-0.15, -0.1) is 0 Å². The molecule has 6 nitrogen and oxygen atoms in total. The Morgan fingerprint density at radius 1 is 1.53 bits per heavy atom. The first-order valence-corrected chi connectivity index (χ1v) is 6.18. The van der Waals surface area contributed by atoms with E-state index in [-0.39, 0.29) is 13.2 Å². The van der Waals surface area contributed by atoms with Gasteiger partial charge in [-0.25, -0.2) is 4.79 Å². The SMILES string of the molecule is CCNC(=O)OCC(O)C1COc2ccccc2O1. The van der Waals surface area contributed by atoms with Gasteiger partial charge in [0.2, 0.25) is 0 Å². The Morgan fingerprint density at radius 2 is 2.26 bits per heavy atom. The van der Waals surface area contributed by atoms with E-state index in [4.69, 9.17) is 14.2 Å². The number of hydrogen-bond acceptors (Lipinski definition) is 5. The minimum Gasteiger partial charge on any atom is -0.486 e. The van der Waals surface area contributed by atoms with Gasteiger partial charge in [0.25, 0.3) is 0 Å². The molecule has 0 spiro atoms. The molecule has 19 heavy (non-hydrogen) atoms. The van der Waals surface area contributed by atoms with Crippen molar-refractivity contribution in [3.63, 3.8) is 0 Å². The van der Waals surface area contributed by atoms with Crippen LogP contribution in [0, 0.1) is 0 Å². The maximum atomic E-state index is 11.1. The average Bonchev–Trinajstić information content (AvgIpc) is 2.44. The first kappa shape index (κ1) is 13.5. The summed E-state index contributed by atoms with van der Waals surface area (Å²) in [6, 6.07) is 7.22. The maximum absolute atomic E-state index is 11.1. The molecule has 0 saturated carbocycles. The molecule has 1 aliphatic rings. The van der Waals surface area contributed by atoms with Crippen LogP contribution in [0.2, 0.25) is 0 Å². The highest BCUT2D eigenvalue weighted by atomic mass is 16.6. The summed E-state index contributed by atoms with van der Waals surface area (Å²) in [7, 11) is 0. The van der Waals surface area contributed by atoms with E-state index < -0.39 is 18.3 Å². The molecule has 2 atom stereocenters. The molecule has 1 aromatic rings. The summed E-state index contributed by atoms with van der Waals surface area (Å²) in [5.74, 6) is 1.23.